The molecule has 0 heterocycles. The van der Waals surface area contributed by atoms with Gasteiger partial charge in [-0.3, -0.25) is 9.59 Å². The first-order valence-corrected chi connectivity index (χ1v) is 5.79. The van der Waals surface area contributed by atoms with Crippen LogP contribution in [0.2, 0.25) is 0 Å². The molecule has 0 N–H and O–H groups in total. The van der Waals surface area contributed by atoms with E-state index in [9.17, 15) is 9.59 Å². The third-order valence-electron chi connectivity index (χ3n) is 2.88. The molecule has 0 spiro atoms. The minimum atomic E-state index is -0.918. The van der Waals surface area contributed by atoms with Crippen molar-refractivity contribution in [1.82, 2.24) is 0 Å². The molecule has 16 heavy (non-hydrogen) atoms. The molecule has 1 aliphatic carbocycles. The van der Waals surface area contributed by atoms with Gasteiger partial charge in [0.05, 0.1) is 7.11 Å². The Bertz CT molecular complexity index is 449. The smallest absolute Gasteiger partial charge is 0.319 e. The van der Waals surface area contributed by atoms with Crippen molar-refractivity contribution in [1.29, 1.82) is 0 Å². The zero-order valence-electron chi connectivity index (χ0n) is 8.83. The number of rotatable bonds is 3. The normalized spacial score (nSPS) is 16.6. The fourth-order valence-corrected chi connectivity index (χ4v) is 2.21. The van der Waals surface area contributed by atoms with Crippen LogP contribution in [0.4, 0.5) is 0 Å². The van der Waals surface area contributed by atoms with E-state index in [2.05, 4.69) is 20.7 Å². The number of ketones is 1. The highest BCUT2D eigenvalue weighted by Gasteiger charge is 2.57. The number of hydrogen-bond donors (Lipinski definition) is 0. The number of carbonyl (C=O) groups excluding carboxylic acids is 2. The minimum Gasteiger partial charge on any atom is -0.468 e. The molecule has 0 atom stereocenters. The average Bonchev–Trinajstić information content (AvgIpc) is 3.09. The molecule has 0 amide bonds. The topological polar surface area (TPSA) is 43.4 Å². The molecule has 0 unspecified atom stereocenters. The Hall–Kier alpha value is -1.16. The van der Waals surface area contributed by atoms with Gasteiger partial charge in [-0.1, -0.05) is 34.1 Å². The standard InChI is InChI=1S/C12H11BrO3/c1-16-11(15)12(6-7-12)10(14)8-4-2-3-5-9(8)13/h2-5H,6-7H2,1H3. The zero-order valence-corrected chi connectivity index (χ0v) is 10.4. The number of Topliss-reactive ketones (excluding diaryl/α,β-unsaturated/α-hetero) is 1. The molecule has 0 bridgehead atoms. The van der Waals surface area contributed by atoms with Crippen LogP contribution in [0.25, 0.3) is 0 Å². The van der Waals surface area contributed by atoms with Gasteiger partial charge in [-0.2, -0.15) is 0 Å². The predicted octanol–water partition coefficient (Wildman–Crippen LogP) is 2.59. The zero-order chi connectivity index (χ0) is 11.8. The Morgan fingerprint density at radius 2 is 1.94 bits per heavy atom. The summed E-state index contributed by atoms with van der Waals surface area (Å²) in [6, 6.07) is 7.12. The van der Waals surface area contributed by atoms with Crippen molar-refractivity contribution in [2.75, 3.05) is 7.11 Å². The highest BCUT2D eigenvalue weighted by Crippen LogP contribution is 2.49. The SMILES string of the molecule is COC(=O)C1(C(=O)c2ccccc2Br)CC1. The Morgan fingerprint density at radius 1 is 1.31 bits per heavy atom. The Balaban J connectivity index is 2.34. The lowest BCUT2D eigenvalue weighted by atomic mass is 9.95. The molecule has 0 aromatic heterocycles. The van der Waals surface area contributed by atoms with Crippen LogP contribution in [0.5, 0.6) is 0 Å². The van der Waals surface area contributed by atoms with E-state index in [1.807, 2.05) is 6.07 Å². The summed E-state index contributed by atoms with van der Waals surface area (Å²) >= 11 is 3.32. The van der Waals surface area contributed by atoms with E-state index >= 15 is 0 Å². The summed E-state index contributed by atoms with van der Waals surface area (Å²) in [5, 5.41) is 0. The first-order chi connectivity index (χ1) is 7.62. The molecule has 0 saturated heterocycles. The van der Waals surface area contributed by atoms with Gasteiger partial charge in [0.25, 0.3) is 0 Å². The second-order valence-corrected chi connectivity index (χ2v) is 4.74. The molecule has 1 aromatic carbocycles. The van der Waals surface area contributed by atoms with Gasteiger partial charge in [0, 0.05) is 10.0 Å². The maximum Gasteiger partial charge on any atom is 0.319 e. The number of halogens is 1. The molecule has 4 heteroatoms. The summed E-state index contributed by atoms with van der Waals surface area (Å²) in [5.41, 5.74) is -0.371. The van der Waals surface area contributed by atoms with Gasteiger partial charge in [-0.25, -0.2) is 0 Å². The summed E-state index contributed by atoms with van der Waals surface area (Å²) in [7, 11) is 1.32. The minimum absolute atomic E-state index is 0.146. The first kappa shape index (κ1) is 11.3. The van der Waals surface area contributed by atoms with Crippen LogP contribution in [-0.2, 0) is 9.53 Å². The number of benzene rings is 1. The number of ether oxygens (including phenoxy) is 1. The van der Waals surface area contributed by atoms with Crippen molar-refractivity contribution in [3.05, 3.63) is 34.3 Å². The fraction of sp³-hybridized carbons (Fsp3) is 0.333. The highest BCUT2D eigenvalue weighted by atomic mass is 79.9. The van der Waals surface area contributed by atoms with Crippen LogP contribution in [-0.4, -0.2) is 18.9 Å². The molecular formula is C12H11BrO3. The van der Waals surface area contributed by atoms with Crippen LogP contribution in [0.15, 0.2) is 28.7 Å². The van der Waals surface area contributed by atoms with E-state index in [1.165, 1.54) is 7.11 Å². The van der Waals surface area contributed by atoms with E-state index < -0.39 is 11.4 Å². The van der Waals surface area contributed by atoms with Crippen molar-refractivity contribution in [3.8, 4) is 0 Å². The number of esters is 1. The second-order valence-electron chi connectivity index (χ2n) is 3.88. The van der Waals surface area contributed by atoms with Crippen LogP contribution in [0, 0.1) is 5.41 Å². The van der Waals surface area contributed by atoms with E-state index in [0.717, 1.165) is 4.47 Å². The Labute approximate surface area is 102 Å². The van der Waals surface area contributed by atoms with Gasteiger partial charge in [0.2, 0.25) is 0 Å². The monoisotopic (exact) mass is 282 g/mol. The summed E-state index contributed by atoms with van der Waals surface area (Å²) in [6.45, 7) is 0. The predicted molar refractivity (Wildman–Crippen MR) is 62.2 cm³/mol. The lowest BCUT2D eigenvalue weighted by Crippen LogP contribution is -2.27. The molecule has 0 radical (unpaired) electrons. The lowest BCUT2D eigenvalue weighted by Gasteiger charge is -2.12. The average molecular weight is 283 g/mol. The van der Waals surface area contributed by atoms with E-state index in [4.69, 9.17) is 0 Å². The summed E-state index contributed by atoms with van der Waals surface area (Å²) in [6.07, 6.45) is 1.17. The number of carbonyl (C=O) groups is 2. The Kier molecular flexibility index (Phi) is 2.84. The second kappa shape index (κ2) is 4.01. The number of methoxy groups -OCH3 is 1. The van der Waals surface area contributed by atoms with Crippen molar-refractivity contribution >= 4 is 27.7 Å². The van der Waals surface area contributed by atoms with Crippen molar-refractivity contribution in [2.24, 2.45) is 5.41 Å². The third kappa shape index (κ3) is 1.67. The van der Waals surface area contributed by atoms with Crippen LogP contribution in [0.1, 0.15) is 23.2 Å². The third-order valence-corrected chi connectivity index (χ3v) is 3.57. The molecule has 84 valence electrons. The molecule has 1 aliphatic rings. The quantitative estimate of drug-likeness (QED) is 0.486. The molecule has 1 saturated carbocycles. The van der Waals surface area contributed by atoms with Gasteiger partial charge >= 0.3 is 5.97 Å². The van der Waals surface area contributed by atoms with Crippen LogP contribution in [0.3, 0.4) is 0 Å². The van der Waals surface area contributed by atoms with Crippen molar-refractivity contribution in [3.63, 3.8) is 0 Å². The van der Waals surface area contributed by atoms with Gasteiger partial charge < -0.3 is 4.74 Å². The maximum atomic E-state index is 12.2. The molecule has 0 aliphatic heterocycles. The van der Waals surface area contributed by atoms with Gasteiger partial charge in [0.15, 0.2) is 5.78 Å². The first-order valence-electron chi connectivity index (χ1n) is 4.99. The largest absolute Gasteiger partial charge is 0.468 e. The van der Waals surface area contributed by atoms with E-state index in [0.29, 0.717) is 18.4 Å². The van der Waals surface area contributed by atoms with Crippen LogP contribution < -0.4 is 0 Å². The molecule has 1 aromatic rings. The Morgan fingerprint density at radius 3 is 2.44 bits per heavy atom. The van der Waals surface area contributed by atoms with Gasteiger partial charge in [0.1, 0.15) is 5.41 Å². The summed E-state index contributed by atoms with van der Waals surface area (Å²) in [5.74, 6) is -0.569. The number of hydrogen-bond acceptors (Lipinski definition) is 3. The van der Waals surface area contributed by atoms with E-state index in [-0.39, 0.29) is 5.78 Å². The fourth-order valence-electron chi connectivity index (χ4n) is 1.75. The molecule has 1 fully saturated rings. The maximum absolute atomic E-state index is 12.2. The molecular weight excluding hydrogens is 272 g/mol. The molecule has 3 nitrogen and oxygen atoms in total. The summed E-state index contributed by atoms with van der Waals surface area (Å²) < 4.78 is 5.40. The van der Waals surface area contributed by atoms with Crippen LogP contribution >= 0.6 is 15.9 Å². The van der Waals surface area contributed by atoms with Gasteiger partial charge in [-0.15, -0.1) is 0 Å². The van der Waals surface area contributed by atoms with Crippen molar-refractivity contribution < 1.29 is 14.3 Å². The van der Waals surface area contributed by atoms with E-state index in [1.54, 1.807) is 18.2 Å². The lowest BCUT2D eigenvalue weighted by molar-refractivity contribution is -0.145. The van der Waals surface area contributed by atoms with Crippen molar-refractivity contribution in [2.45, 2.75) is 12.8 Å². The van der Waals surface area contributed by atoms with Gasteiger partial charge in [-0.05, 0) is 18.9 Å². The highest BCUT2D eigenvalue weighted by molar-refractivity contribution is 9.10. The molecule has 2 rings (SSSR count). The summed E-state index contributed by atoms with van der Waals surface area (Å²) in [4.78, 5) is 23.8.